The van der Waals surface area contributed by atoms with Crippen molar-refractivity contribution in [1.82, 2.24) is 10.3 Å². The van der Waals surface area contributed by atoms with Gasteiger partial charge in [-0.3, -0.25) is 9.78 Å². The average molecular weight is 335 g/mol. The van der Waals surface area contributed by atoms with Gasteiger partial charge >= 0.3 is 0 Å². The molecule has 20 heavy (non-hydrogen) atoms. The van der Waals surface area contributed by atoms with Crippen LogP contribution in [0, 0.1) is 0 Å². The lowest BCUT2D eigenvalue weighted by molar-refractivity contribution is 0.0939. The number of nitrogens with one attached hydrogen (secondary N) is 1. The fourth-order valence-corrected chi connectivity index (χ4v) is 2.33. The van der Waals surface area contributed by atoms with Gasteiger partial charge < -0.3 is 10.1 Å². The standard InChI is InChI=1S/C15H15BrN2O2/c1-10(13-5-3-4-8-17-13)18-15(19)11-6-7-14(20-2)12(16)9-11/h3-10H,1-2H3,(H,18,19). The van der Waals surface area contributed by atoms with E-state index >= 15 is 0 Å². The number of nitrogens with zero attached hydrogens (tertiary/aromatic N) is 1. The van der Waals surface area contributed by atoms with Gasteiger partial charge in [0.1, 0.15) is 5.75 Å². The quantitative estimate of drug-likeness (QED) is 0.932. The lowest BCUT2D eigenvalue weighted by atomic mass is 10.1. The van der Waals surface area contributed by atoms with Crippen LogP contribution in [0.3, 0.4) is 0 Å². The number of benzene rings is 1. The lowest BCUT2D eigenvalue weighted by Crippen LogP contribution is -2.27. The third kappa shape index (κ3) is 3.36. The molecule has 104 valence electrons. The van der Waals surface area contributed by atoms with Crippen molar-refractivity contribution in [1.29, 1.82) is 0 Å². The van der Waals surface area contributed by atoms with E-state index in [9.17, 15) is 4.79 Å². The number of rotatable bonds is 4. The average Bonchev–Trinajstić information content (AvgIpc) is 2.48. The second-order valence-corrected chi connectivity index (χ2v) is 5.15. The van der Waals surface area contributed by atoms with Crippen molar-refractivity contribution < 1.29 is 9.53 Å². The van der Waals surface area contributed by atoms with Crippen molar-refractivity contribution >= 4 is 21.8 Å². The zero-order chi connectivity index (χ0) is 14.5. The molecule has 0 aliphatic heterocycles. The Morgan fingerprint density at radius 2 is 2.15 bits per heavy atom. The van der Waals surface area contributed by atoms with Crippen molar-refractivity contribution in [2.24, 2.45) is 0 Å². The monoisotopic (exact) mass is 334 g/mol. The first-order valence-electron chi connectivity index (χ1n) is 6.17. The lowest BCUT2D eigenvalue weighted by Gasteiger charge is -2.13. The molecule has 0 saturated carbocycles. The molecule has 1 amide bonds. The minimum Gasteiger partial charge on any atom is -0.496 e. The van der Waals surface area contributed by atoms with Gasteiger partial charge in [-0.1, -0.05) is 6.07 Å². The molecule has 2 aromatic rings. The molecule has 1 atom stereocenters. The van der Waals surface area contributed by atoms with Crippen molar-refractivity contribution in [2.45, 2.75) is 13.0 Å². The molecule has 0 aliphatic rings. The second kappa shape index (κ2) is 6.52. The minimum atomic E-state index is -0.149. The third-order valence-electron chi connectivity index (χ3n) is 2.89. The van der Waals surface area contributed by atoms with Crippen LogP contribution in [0.1, 0.15) is 29.0 Å². The van der Waals surface area contributed by atoms with E-state index in [2.05, 4.69) is 26.2 Å². The number of hydrogen-bond donors (Lipinski definition) is 1. The summed E-state index contributed by atoms with van der Waals surface area (Å²) in [6.45, 7) is 1.90. The maximum Gasteiger partial charge on any atom is 0.251 e. The van der Waals surface area contributed by atoms with Crippen LogP contribution in [-0.2, 0) is 0 Å². The summed E-state index contributed by atoms with van der Waals surface area (Å²) in [5, 5.41) is 2.91. The van der Waals surface area contributed by atoms with Gasteiger partial charge in [0, 0.05) is 11.8 Å². The number of hydrogen-bond acceptors (Lipinski definition) is 3. The summed E-state index contributed by atoms with van der Waals surface area (Å²) < 4.78 is 5.89. The largest absolute Gasteiger partial charge is 0.496 e. The van der Waals surface area contributed by atoms with Gasteiger partial charge in [-0.25, -0.2) is 0 Å². The van der Waals surface area contributed by atoms with Crippen molar-refractivity contribution in [2.75, 3.05) is 7.11 Å². The molecule has 1 unspecified atom stereocenters. The van der Waals surface area contributed by atoms with Gasteiger partial charge in [0.2, 0.25) is 0 Å². The van der Waals surface area contributed by atoms with E-state index in [0.717, 1.165) is 10.2 Å². The van der Waals surface area contributed by atoms with E-state index in [0.29, 0.717) is 11.3 Å². The van der Waals surface area contributed by atoms with Crippen LogP contribution < -0.4 is 10.1 Å². The topological polar surface area (TPSA) is 51.2 Å². The number of carbonyl (C=O) groups is 1. The Bertz CT molecular complexity index is 602. The highest BCUT2D eigenvalue weighted by atomic mass is 79.9. The van der Waals surface area contributed by atoms with E-state index in [1.165, 1.54) is 0 Å². The minimum absolute atomic E-state index is 0.147. The highest BCUT2D eigenvalue weighted by Gasteiger charge is 2.13. The maximum absolute atomic E-state index is 12.2. The van der Waals surface area contributed by atoms with Crippen molar-refractivity contribution in [3.05, 3.63) is 58.3 Å². The fraction of sp³-hybridized carbons (Fsp3) is 0.200. The van der Waals surface area contributed by atoms with Crippen LogP contribution in [0.25, 0.3) is 0 Å². The zero-order valence-electron chi connectivity index (χ0n) is 11.3. The smallest absolute Gasteiger partial charge is 0.251 e. The van der Waals surface area contributed by atoms with Crippen LogP contribution in [0.4, 0.5) is 0 Å². The molecular weight excluding hydrogens is 320 g/mol. The van der Waals surface area contributed by atoms with Crippen LogP contribution in [0.2, 0.25) is 0 Å². The fourth-order valence-electron chi connectivity index (χ4n) is 1.79. The Kier molecular flexibility index (Phi) is 4.74. The van der Waals surface area contributed by atoms with E-state index in [1.54, 1.807) is 31.5 Å². The van der Waals surface area contributed by atoms with E-state index < -0.39 is 0 Å². The molecule has 0 spiro atoms. The van der Waals surface area contributed by atoms with Gasteiger partial charge in [0.15, 0.2) is 0 Å². The normalized spacial score (nSPS) is 11.8. The van der Waals surface area contributed by atoms with Crippen LogP contribution in [0.5, 0.6) is 5.75 Å². The molecule has 1 heterocycles. The Balaban J connectivity index is 2.10. The predicted octanol–water partition coefficient (Wildman–Crippen LogP) is 3.34. The number of halogens is 1. The Morgan fingerprint density at radius 1 is 1.35 bits per heavy atom. The van der Waals surface area contributed by atoms with Crippen LogP contribution in [0.15, 0.2) is 47.1 Å². The van der Waals surface area contributed by atoms with Gasteiger partial charge in [-0.2, -0.15) is 0 Å². The summed E-state index contributed by atoms with van der Waals surface area (Å²) in [4.78, 5) is 16.4. The van der Waals surface area contributed by atoms with Crippen LogP contribution in [-0.4, -0.2) is 18.0 Å². The molecule has 1 N–H and O–H groups in total. The molecule has 0 bridgehead atoms. The summed E-state index contributed by atoms with van der Waals surface area (Å²) >= 11 is 3.37. The SMILES string of the molecule is COc1ccc(C(=O)NC(C)c2ccccn2)cc1Br. The van der Waals surface area contributed by atoms with E-state index in [4.69, 9.17) is 4.74 Å². The molecule has 5 heteroatoms. The van der Waals surface area contributed by atoms with Gasteiger partial charge in [-0.05, 0) is 53.2 Å². The second-order valence-electron chi connectivity index (χ2n) is 4.30. The Hall–Kier alpha value is -1.88. The predicted molar refractivity (Wildman–Crippen MR) is 80.8 cm³/mol. The summed E-state index contributed by atoms with van der Waals surface area (Å²) in [5.41, 5.74) is 1.40. The first kappa shape index (κ1) is 14.5. The number of aromatic nitrogens is 1. The summed E-state index contributed by atoms with van der Waals surface area (Å²) in [5.74, 6) is 0.547. The molecule has 0 fully saturated rings. The van der Waals surface area contributed by atoms with E-state index in [1.807, 2.05) is 25.1 Å². The highest BCUT2D eigenvalue weighted by molar-refractivity contribution is 9.10. The van der Waals surface area contributed by atoms with Gasteiger partial charge in [0.25, 0.3) is 5.91 Å². The van der Waals surface area contributed by atoms with Crippen molar-refractivity contribution in [3.8, 4) is 5.75 Å². The number of ether oxygens (including phenoxy) is 1. The number of methoxy groups -OCH3 is 1. The number of amides is 1. The number of pyridine rings is 1. The van der Waals surface area contributed by atoms with Crippen LogP contribution >= 0.6 is 15.9 Å². The molecule has 0 saturated heterocycles. The highest BCUT2D eigenvalue weighted by Crippen LogP contribution is 2.25. The van der Waals surface area contributed by atoms with Crippen molar-refractivity contribution in [3.63, 3.8) is 0 Å². The molecular formula is C15H15BrN2O2. The third-order valence-corrected chi connectivity index (χ3v) is 3.51. The first-order valence-corrected chi connectivity index (χ1v) is 6.96. The molecule has 1 aromatic heterocycles. The molecule has 2 rings (SSSR count). The molecule has 0 aliphatic carbocycles. The summed E-state index contributed by atoms with van der Waals surface area (Å²) in [7, 11) is 1.59. The zero-order valence-corrected chi connectivity index (χ0v) is 12.8. The van der Waals surface area contributed by atoms with E-state index in [-0.39, 0.29) is 11.9 Å². The molecule has 4 nitrogen and oxygen atoms in total. The van der Waals surface area contributed by atoms with Gasteiger partial charge in [-0.15, -0.1) is 0 Å². The summed E-state index contributed by atoms with van der Waals surface area (Å²) in [6.07, 6.45) is 1.71. The van der Waals surface area contributed by atoms with Gasteiger partial charge in [0.05, 0.1) is 23.3 Å². The Morgan fingerprint density at radius 3 is 2.75 bits per heavy atom. The summed E-state index contributed by atoms with van der Waals surface area (Å²) in [6, 6.07) is 10.7. The molecule has 0 radical (unpaired) electrons. The maximum atomic E-state index is 12.2. The number of carbonyl (C=O) groups excluding carboxylic acids is 1. The Labute approximate surface area is 126 Å². The molecule has 1 aromatic carbocycles. The first-order chi connectivity index (χ1) is 9.61.